The third-order valence-corrected chi connectivity index (χ3v) is 1.43. The molecule has 0 fully saturated rings. The van der Waals surface area contributed by atoms with Crippen molar-refractivity contribution in [2.45, 2.75) is 6.42 Å². The molecule has 0 aliphatic heterocycles. The molecule has 0 unspecified atom stereocenters. The molecule has 0 aromatic heterocycles. The fourth-order valence-corrected chi connectivity index (χ4v) is 0.861. The van der Waals surface area contributed by atoms with E-state index in [-0.39, 0.29) is 24.8 Å². The van der Waals surface area contributed by atoms with Crippen molar-refractivity contribution < 1.29 is 16.9 Å². The quantitative estimate of drug-likeness (QED) is 0.496. The van der Waals surface area contributed by atoms with Gasteiger partial charge in [0.25, 0.3) is 0 Å². The maximum Gasteiger partial charge on any atom is 0.0792 e. The highest BCUT2D eigenvalue weighted by molar-refractivity contribution is 5.85. The molecule has 0 aromatic rings. The normalized spacial score (nSPS) is 10.5. The van der Waals surface area contributed by atoms with Gasteiger partial charge < -0.3 is 21.8 Å². The van der Waals surface area contributed by atoms with Crippen LogP contribution in [0.2, 0.25) is 0 Å². The zero-order valence-corrected chi connectivity index (χ0v) is 10.4. The van der Waals surface area contributed by atoms with Gasteiger partial charge in [0.15, 0.2) is 0 Å². The van der Waals surface area contributed by atoms with Crippen LogP contribution in [0.25, 0.3) is 0 Å². The number of halogens is 2. The average Bonchev–Trinajstić information content (AvgIpc) is 1.59. The number of quaternary nitrogens is 1. The van der Waals surface area contributed by atoms with Crippen molar-refractivity contribution in [2.24, 2.45) is 0 Å². The first-order chi connectivity index (χ1) is 4.42. The predicted molar refractivity (Wildman–Crippen MR) is 53.3 cm³/mol. The lowest BCUT2D eigenvalue weighted by atomic mass is 10.3. The van der Waals surface area contributed by atoms with Crippen molar-refractivity contribution in [2.75, 3.05) is 48.3 Å². The lowest BCUT2D eigenvalue weighted by Crippen LogP contribution is -3.00. The fraction of sp³-hybridized carbons (Fsp3) is 1.00. The van der Waals surface area contributed by atoms with Gasteiger partial charge in [0.1, 0.15) is 0 Å². The van der Waals surface area contributed by atoms with Gasteiger partial charge >= 0.3 is 0 Å². The molecule has 0 aromatic carbocycles. The smallest absolute Gasteiger partial charge is 0.0792 e. The Bertz CT molecular complexity index is 89.5. The zero-order valence-electron chi connectivity index (χ0n) is 8.80. The largest absolute Gasteiger partial charge is 1.00 e. The molecule has 0 radical (unpaired) electrons. The molecule has 0 spiro atoms. The molecule has 0 saturated carbocycles. The van der Waals surface area contributed by atoms with E-state index in [0.717, 1.165) is 4.48 Å². The van der Waals surface area contributed by atoms with E-state index >= 15 is 0 Å². The summed E-state index contributed by atoms with van der Waals surface area (Å²) in [5.41, 5.74) is 0. The van der Waals surface area contributed by atoms with Gasteiger partial charge in [-0.3, -0.25) is 0 Å². The molecule has 0 aliphatic rings. The molecular weight excluding hydrogens is 195 g/mol. The Morgan fingerprint density at radius 2 is 1.50 bits per heavy atom. The van der Waals surface area contributed by atoms with E-state index < -0.39 is 0 Å². The minimum absolute atomic E-state index is 0. The standard InChI is InChI=1S/C8H21N2.2ClH/c1-9(2)7-6-8-10(3,4)5;;/h6-8H2,1-5H3;2*1H/q+1;;/p-1. The van der Waals surface area contributed by atoms with Crippen molar-refractivity contribution in [3.05, 3.63) is 0 Å². The SMILES string of the molecule is CN(C)CCC[N+](C)(C)C.Cl.[Cl-]. The molecule has 0 aliphatic carbocycles. The van der Waals surface area contributed by atoms with Crippen LogP contribution in [0.5, 0.6) is 0 Å². The van der Waals surface area contributed by atoms with Crippen LogP contribution in [0.15, 0.2) is 0 Å². The summed E-state index contributed by atoms with van der Waals surface area (Å²) in [6, 6.07) is 0. The van der Waals surface area contributed by atoms with E-state index in [0.29, 0.717) is 0 Å². The van der Waals surface area contributed by atoms with Crippen LogP contribution >= 0.6 is 12.4 Å². The first kappa shape index (κ1) is 18.3. The monoisotopic (exact) mass is 216 g/mol. The molecule has 78 valence electrons. The van der Waals surface area contributed by atoms with E-state index in [2.05, 4.69) is 40.1 Å². The Balaban J connectivity index is -0.000000405. The van der Waals surface area contributed by atoms with Crippen molar-refractivity contribution in [1.29, 1.82) is 0 Å². The van der Waals surface area contributed by atoms with Crippen LogP contribution in [-0.2, 0) is 0 Å². The third kappa shape index (κ3) is 16.8. The molecule has 12 heavy (non-hydrogen) atoms. The number of hydrogen-bond donors (Lipinski definition) is 0. The predicted octanol–water partition coefficient (Wildman–Crippen LogP) is -1.93. The van der Waals surface area contributed by atoms with E-state index in [1.807, 2.05) is 0 Å². The summed E-state index contributed by atoms with van der Waals surface area (Å²) in [4.78, 5) is 2.23. The Hall–Kier alpha value is 0.500. The Morgan fingerprint density at radius 3 is 1.75 bits per heavy atom. The highest BCUT2D eigenvalue weighted by atomic mass is 35.5. The van der Waals surface area contributed by atoms with Crippen LogP contribution in [0, 0.1) is 0 Å². The lowest BCUT2D eigenvalue weighted by Gasteiger charge is -2.24. The zero-order chi connectivity index (χ0) is 8.20. The molecule has 0 bridgehead atoms. The van der Waals surface area contributed by atoms with Crippen LogP contribution in [0.3, 0.4) is 0 Å². The highest BCUT2D eigenvalue weighted by Crippen LogP contribution is 1.93. The minimum atomic E-state index is 0. The van der Waals surface area contributed by atoms with Gasteiger partial charge in [-0.2, -0.15) is 0 Å². The summed E-state index contributed by atoms with van der Waals surface area (Å²) in [5.74, 6) is 0. The van der Waals surface area contributed by atoms with Crippen molar-refractivity contribution in [3.8, 4) is 0 Å². The molecule has 0 N–H and O–H groups in total. The summed E-state index contributed by atoms with van der Waals surface area (Å²) in [5, 5.41) is 0. The molecule has 0 heterocycles. The Kier molecular flexibility index (Phi) is 12.4. The second-order valence-electron chi connectivity index (χ2n) is 4.17. The van der Waals surface area contributed by atoms with Crippen LogP contribution in [-0.4, -0.2) is 57.7 Å². The Labute approximate surface area is 89.3 Å². The van der Waals surface area contributed by atoms with E-state index in [4.69, 9.17) is 0 Å². The van der Waals surface area contributed by atoms with Crippen LogP contribution in [0.4, 0.5) is 0 Å². The van der Waals surface area contributed by atoms with E-state index in [9.17, 15) is 0 Å². The lowest BCUT2D eigenvalue weighted by molar-refractivity contribution is -0.870. The van der Waals surface area contributed by atoms with Crippen molar-refractivity contribution in [1.82, 2.24) is 4.90 Å². The number of hydrogen-bond acceptors (Lipinski definition) is 1. The van der Waals surface area contributed by atoms with Crippen molar-refractivity contribution >= 4 is 12.4 Å². The van der Waals surface area contributed by atoms with E-state index in [1.54, 1.807) is 0 Å². The molecule has 4 heteroatoms. The Morgan fingerprint density at radius 1 is 1.08 bits per heavy atom. The summed E-state index contributed by atoms with van der Waals surface area (Å²) < 4.78 is 1.08. The number of nitrogens with zero attached hydrogens (tertiary/aromatic N) is 2. The third-order valence-electron chi connectivity index (χ3n) is 1.43. The maximum absolute atomic E-state index is 2.23. The highest BCUT2D eigenvalue weighted by Gasteiger charge is 2.05. The van der Waals surface area contributed by atoms with Gasteiger partial charge in [-0.1, -0.05) is 0 Å². The molecule has 0 rings (SSSR count). The summed E-state index contributed by atoms with van der Waals surface area (Å²) >= 11 is 0. The molecule has 0 atom stereocenters. The summed E-state index contributed by atoms with van der Waals surface area (Å²) in [6.45, 7) is 2.47. The average molecular weight is 217 g/mol. The summed E-state index contributed by atoms with van der Waals surface area (Å²) in [6.07, 6.45) is 1.29. The van der Waals surface area contributed by atoms with Gasteiger partial charge in [-0.05, 0) is 14.1 Å². The first-order valence-electron chi connectivity index (χ1n) is 3.87. The second kappa shape index (κ2) is 8.11. The van der Waals surface area contributed by atoms with E-state index in [1.165, 1.54) is 19.5 Å². The minimum Gasteiger partial charge on any atom is -1.00 e. The molecule has 2 nitrogen and oxygen atoms in total. The topological polar surface area (TPSA) is 3.24 Å². The van der Waals surface area contributed by atoms with Gasteiger partial charge in [0.05, 0.1) is 27.7 Å². The van der Waals surface area contributed by atoms with Gasteiger partial charge in [0, 0.05) is 13.0 Å². The fourth-order valence-electron chi connectivity index (χ4n) is 0.861. The number of rotatable bonds is 4. The van der Waals surface area contributed by atoms with Gasteiger partial charge in [0.2, 0.25) is 0 Å². The molecule has 0 amide bonds. The molecular formula is C8H22Cl2N2. The van der Waals surface area contributed by atoms with Gasteiger partial charge in [-0.15, -0.1) is 12.4 Å². The summed E-state index contributed by atoms with van der Waals surface area (Å²) in [7, 11) is 10.9. The first-order valence-corrected chi connectivity index (χ1v) is 3.87. The second-order valence-corrected chi connectivity index (χ2v) is 4.17. The van der Waals surface area contributed by atoms with Gasteiger partial charge in [-0.25, -0.2) is 0 Å². The van der Waals surface area contributed by atoms with Crippen molar-refractivity contribution in [3.63, 3.8) is 0 Å². The van der Waals surface area contributed by atoms with Crippen LogP contribution in [0.1, 0.15) is 6.42 Å². The van der Waals surface area contributed by atoms with Crippen LogP contribution < -0.4 is 12.4 Å². The molecule has 0 saturated heterocycles. The maximum atomic E-state index is 2.23.